The Morgan fingerprint density at radius 3 is 2.35 bits per heavy atom. The zero-order chi connectivity index (χ0) is 27.7. The van der Waals surface area contributed by atoms with Crippen molar-refractivity contribution in [2.24, 2.45) is 5.73 Å². The van der Waals surface area contributed by atoms with Crippen LogP contribution >= 0.6 is 0 Å². The maximum atomic E-state index is 11.7. The van der Waals surface area contributed by atoms with Gasteiger partial charge in [-0.25, -0.2) is 0 Å². The topological polar surface area (TPSA) is 97.1 Å². The average molecular weight is 540 g/mol. The van der Waals surface area contributed by atoms with E-state index in [1.807, 2.05) is 72.8 Å². The third-order valence-corrected chi connectivity index (χ3v) is 7.31. The Kier molecular flexibility index (Phi) is 9.29. The van der Waals surface area contributed by atoms with Gasteiger partial charge in [0.15, 0.2) is 0 Å². The molecule has 3 unspecified atom stereocenters. The molecule has 3 atom stereocenters. The largest absolute Gasteiger partial charge is 0.530 e. The molecule has 0 saturated carbocycles. The summed E-state index contributed by atoms with van der Waals surface area (Å²) in [5.41, 5.74) is 9.69. The van der Waals surface area contributed by atoms with Crippen LogP contribution in [-0.4, -0.2) is 49.4 Å². The van der Waals surface area contributed by atoms with Crippen molar-refractivity contribution in [2.75, 3.05) is 26.3 Å². The highest BCUT2D eigenvalue weighted by Gasteiger charge is 2.37. The quantitative estimate of drug-likeness (QED) is 0.282. The van der Waals surface area contributed by atoms with E-state index in [1.165, 1.54) is 4.90 Å². The van der Waals surface area contributed by atoms with Crippen LogP contribution in [-0.2, 0) is 22.7 Å². The molecule has 0 radical (unpaired) electrons. The summed E-state index contributed by atoms with van der Waals surface area (Å²) in [4.78, 5) is 12.9. The summed E-state index contributed by atoms with van der Waals surface area (Å²) in [5.74, 6) is 0.595. The second-order valence-corrected chi connectivity index (χ2v) is 10.2. The minimum Gasteiger partial charge on any atom is -0.530 e. The molecule has 0 spiro atoms. The normalized spacial score (nSPS) is 19.0. The van der Waals surface area contributed by atoms with Crippen molar-refractivity contribution in [2.45, 2.75) is 37.7 Å². The molecule has 1 fully saturated rings. The van der Waals surface area contributed by atoms with Crippen molar-refractivity contribution in [3.05, 3.63) is 114 Å². The molecule has 0 aliphatic carbocycles. The van der Waals surface area contributed by atoms with Gasteiger partial charge in [-0.3, -0.25) is 0 Å². The zero-order valence-corrected chi connectivity index (χ0v) is 22.5. The van der Waals surface area contributed by atoms with Gasteiger partial charge in [0.2, 0.25) is 0 Å². The van der Waals surface area contributed by atoms with Gasteiger partial charge in [-0.05, 0) is 45.7 Å². The first-order chi connectivity index (χ1) is 19.6. The van der Waals surface area contributed by atoms with E-state index < -0.39 is 18.2 Å². The van der Waals surface area contributed by atoms with Crippen LogP contribution in [0.5, 0.6) is 5.75 Å². The van der Waals surface area contributed by atoms with Crippen LogP contribution in [0.4, 0.5) is 4.79 Å². The second kappa shape index (κ2) is 13.4. The minimum absolute atomic E-state index is 0.170. The smallest absolute Gasteiger partial charge is 0.137 e. The molecule has 1 aliphatic heterocycles. The van der Waals surface area contributed by atoms with Crippen molar-refractivity contribution in [1.82, 2.24) is 4.90 Å². The van der Waals surface area contributed by atoms with Crippen molar-refractivity contribution in [3.63, 3.8) is 0 Å². The van der Waals surface area contributed by atoms with Gasteiger partial charge in [0.05, 0.1) is 32.5 Å². The van der Waals surface area contributed by atoms with Gasteiger partial charge in [0, 0.05) is 31.5 Å². The summed E-state index contributed by atoms with van der Waals surface area (Å²) in [6.07, 6.45) is -0.863. The van der Waals surface area contributed by atoms with E-state index in [-0.39, 0.29) is 19.0 Å². The molecule has 1 amide bonds. The summed E-state index contributed by atoms with van der Waals surface area (Å²) in [7, 11) is 0. The Balaban J connectivity index is 1.17. The number of hydrogen-bond donors (Lipinski definition) is 1. The summed E-state index contributed by atoms with van der Waals surface area (Å²) >= 11 is 0. The second-order valence-electron chi connectivity index (χ2n) is 10.2. The number of hydrogen-bond acceptors (Lipinski definition) is 6. The lowest BCUT2D eigenvalue weighted by molar-refractivity contribution is -0.268. The van der Waals surface area contributed by atoms with E-state index >= 15 is 0 Å². The molecule has 1 heterocycles. The van der Waals surface area contributed by atoms with Crippen LogP contribution in [0.3, 0.4) is 0 Å². The minimum atomic E-state index is -1.23. The lowest BCUT2D eigenvalue weighted by Crippen LogP contribution is -2.59. The fourth-order valence-electron chi connectivity index (χ4n) is 5.25. The van der Waals surface area contributed by atoms with Crippen LogP contribution in [0, 0.1) is 0 Å². The molecule has 2 N–H and O–H groups in total. The van der Waals surface area contributed by atoms with Crippen molar-refractivity contribution in [1.29, 1.82) is 0 Å². The standard InChI is InChI=1S/C33H36N2O5/c34-30-20-35(33(36)37)21-31(40-23-25-11-12-26-9-4-5-10-28(26)19-25)32(30)27-13-15-29(16-14-27)39-18-6-17-38-22-24-7-2-1-3-8-24/h1-5,7-16,19,30-32H,6,17-18,20-23,34H2,(H,36,37)/p-1. The molecule has 7 heteroatoms. The molecule has 7 nitrogen and oxygen atoms in total. The van der Waals surface area contributed by atoms with Gasteiger partial charge >= 0.3 is 0 Å². The van der Waals surface area contributed by atoms with Crippen molar-refractivity contribution in [3.8, 4) is 5.75 Å². The summed E-state index contributed by atoms with van der Waals surface area (Å²) in [6.45, 7) is 2.52. The highest BCUT2D eigenvalue weighted by Crippen LogP contribution is 2.32. The third-order valence-electron chi connectivity index (χ3n) is 7.31. The molecule has 208 valence electrons. The Morgan fingerprint density at radius 1 is 0.825 bits per heavy atom. The van der Waals surface area contributed by atoms with E-state index in [0.29, 0.717) is 26.4 Å². The highest BCUT2D eigenvalue weighted by molar-refractivity contribution is 5.82. The number of carbonyl (C=O) groups excluding carboxylic acids is 1. The van der Waals surface area contributed by atoms with E-state index in [2.05, 4.69) is 24.3 Å². The molecular formula is C33H35N2O5-. The van der Waals surface area contributed by atoms with E-state index in [4.69, 9.17) is 19.9 Å². The number of fused-ring (bicyclic) bond motifs is 1. The van der Waals surface area contributed by atoms with Gasteiger partial charge in [-0.15, -0.1) is 0 Å². The van der Waals surface area contributed by atoms with Gasteiger partial charge in [0.25, 0.3) is 0 Å². The molecule has 0 bridgehead atoms. The van der Waals surface area contributed by atoms with Crippen molar-refractivity contribution < 1.29 is 24.1 Å². The Hall–Kier alpha value is -3.91. The molecule has 0 aromatic heterocycles. The fraction of sp³-hybridized carbons (Fsp3) is 0.303. The maximum absolute atomic E-state index is 11.7. The third kappa shape index (κ3) is 7.18. The van der Waals surface area contributed by atoms with E-state index in [1.54, 1.807) is 0 Å². The summed E-state index contributed by atoms with van der Waals surface area (Å²) in [5, 5.41) is 14.0. The number of carboxylic acid groups (broad SMARTS) is 1. The highest BCUT2D eigenvalue weighted by atomic mass is 16.5. The number of nitrogens with two attached hydrogens (primary N) is 1. The predicted octanol–water partition coefficient (Wildman–Crippen LogP) is 4.48. The number of rotatable bonds is 11. The Morgan fingerprint density at radius 2 is 1.57 bits per heavy atom. The Bertz CT molecular complexity index is 1380. The number of piperidine rings is 1. The van der Waals surface area contributed by atoms with Crippen LogP contribution in [0.1, 0.15) is 29.0 Å². The van der Waals surface area contributed by atoms with E-state index in [0.717, 1.165) is 39.6 Å². The van der Waals surface area contributed by atoms with Gasteiger partial charge in [-0.1, -0.05) is 78.9 Å². The first kappa shape index (κ1) is 27.6. The van der Waals surface area contributed by atoms with Crippen LogP contribution in [0.15, 0.2) is 97.1 Å². The van der Waals surface area contributed by atoms with Gasteiger partial charge in [-0.2, -0.15) is 0 Å². The molecule has 4 aromatic carbocycles. The van der Waals surface area contributed by atoms with Crippen LogP contribution in [0.2, 0.25) is 0 Å². The first-order valence-electron chi connectivity index (χ1n) is 13.7. The molecule has 4 aromatic rings. The van der Waals surface area contributed by atoms with Gasteiger partial charge < -0.3 is 34.7 Å². The molecule has 1 saturated heterocycles. The maximum Gasteiger partial charge on any atom is 0.137 e. The predicted molar refractivity (Wildman–Crippen MR) is 153 cm³/mol. The number of carbonyl (C=O) groups is 1. The first-order valence-corrected chi connectivity index (χ1v) is 13.7. The van der Waals surface area contributed by atoms with Gasteiger partial charge in [0.1, 0.15) is 11.8 Å². The number of ether oxygens (including phenoxy) is 3. The average Bonchev–Trinajstić information content (AvgIpc) is 2.98. The lowest BCUT2D eigenvalue weighted by Gasteiger charge is -2.43. The van der Waals surface area contributed by atoms with E-state index in [9.17, 15) is 9.90 Å². The number of benzene rings is 4. The molecule has 5 rings (SSSR count). The molecule has 40 heavy (non-hydrogen) atoms. The SMILES string of the molecule is NC1CN(C(=O)[O-])CC(OCc2ccc3ccccc3c2)C1c1ccc(OCCCOCc2ccccc2)cc1. The number of amides is 1. The van der Waals surface area contributed by atoms with Crippen LogP contribution < -0.4 is 15.6 Å². The summed E-state index contributed by atoms with van der Waals surface area (Å²) < 4.78 is 18.0. The number of likely N-dealkylation sites (tertiary alicyclic amines) is 1. The Labute approximate surface area is 235 Å². The fourth-order valence-corrected chi connectivity index (χ4v) is 5.25. The molecule has 1 aliphatic rings. The summed E-state index contributed by atoms with van der Waals surface area (Å²) in [6, 6.07) is 31.9. The monoisotopic (exact) mass is 539 g/mol. The van der Waals surface area contributed by atoms with Crippen LogP contribution in [0.25, 0.3) is 10.8 Å². The lowest BCUT2D eigenvalue weighted by atomic mass is 9.83. The van der Waals surface area contributed by atoms with Crippen molar-refractivity contribution >= 4 is 16.9 Å². The number of nitrogens with zero attached hydrogens (tertiary/aromatic N) is 1. The molecular weight excluding hydrogens is 504 g/mol. The zero-order valence-electron chi connectivity index (χ0n) is 22.5.